The average Bonchev–Trinajstić information content (AvgIpc) is 3.55. The molecule has 0 saturated carbocycles. The molecular formula is C29H23N5O4. The second-order valence-corrected chi connectivity index (χ2v) is 9.03. The summed E-state index contributed by atoms with van der Waals surface area (Å²) in [4.78, 5) is 21.6. The van der Waals surface area contributed by atoms with Gasteiger partial charge in [0.05, 0.1) is 12.1 Å². The summed E-state index contributed by atoms with van der Waals surface area (Å²) in [7, 11) is 0. The van der Waals surface area contributed by atoms with E-state index in [1.807, 2.05) is 73.7 Å². The summed E-state index contributed by atoms with van der Waals surface area (Å²) in [5.41, 5.74) is 4.19. The lowest BCUT2D eigenvalue weighted by molar-refractivity contribution is 0.394. The van der Waals surface area contributed by atoms with Gasteiger partial charge in [-0.05, 0) is 54.4 Å². The Morgan fingerprint density at radius 3 is 2.11 bits per heavy atom. The van der Waals surface area contributed by atoms with Crippen LogP contribution in [0.3, 0.4) is 0 Å². The highest BCUT2D eigenvalue weighted by molar-refractivity contribution is 5.84. The molecule has 0 unspecified atom stereocenters. The van der Waals surface area contributed by atoms with E-state index >= 15 is 0 Å². The SMILES string of the molecule is Cc1nc(-c2cccc(Cn3c(=O)cc(C)c4cc(Oc5cccc(-c6noc(C)n6)c5)ccc43)c2)no1. The molecule has 0 N–H and O–H groups in total. The van der Waals surface area contributed by atoms with Gasteiger partial charge in [-0.2, -0.15) is 9.97 Å². The van der Waals surface area contributed by atoms with Crippen molar-refractivity contribution in [1.29, 1.82) is 0 Å². The van der Waals surface area contributed by atoms with Gasteiger partial charge in [-0.1, -0.05) is 40.6 Å². The minimum absolute atomic E-state index is 0.0763. The number of hydrogen-bond donors (Lipinski definition) is 0. The maximum atomic E-state index is 13.0. The predicted molar refractivity (Wildman–Crippen MR) is 141 cm³/mol. The summed E-state index contributed by atoms with van der Waals surface area (Å²) in [6.45, 7) is 5.82. The van der Waals surface area contributed by atoms with E-state index in [1.165, 1.54) is 0 Å². The highest BCUT2D eigenvalue weighted by Gasteiger charge is 2.12. The van der Waals surface area contributed by atoms with Crippen LogP contribution in [0.4, 0.5) is 0 Å². The van der Waals surface area contributed by atoms with Crippen molar-refractivity contribution in [3.63, 3.8) is 0 Å². The zero-order valence-corrected chi connectivity index (χ0v) is 21.0. The van der Waals surface area contributed by atoms with E-state index in [1.54, 1.807) is 24.5 Å². The number of fused-ring (bicyclic) bond motifs is 1. The lowest BCUT2D eigenvalue weighted by Gasteiger charge is -2.14. The molecule has 0 aliphatic heterocycles. The summed E-state index contributed by atoms with van der Waals surface area (Å²) >= 11 is 0. The van der Waals surface area contributed by atoms with E-state index < -0.39 is 0 Å². The molecule has 0 saturated heterocycles. The summed E-state index contributed by atoms with van der Waals surface area (Å²) in [5.74, 6) is 3.32. The zero-order chi connectivity index (χ0) is 26.2. The largest absolute Gasteiger partial charge is 0.457 e. The van der Waals surface area contributed by atoms with Crippen LogP contribution in [0.15, 0.2) is 86.6 Å². The summed E-state index contributed by atoms with van der Waals surface area (Å²) in [5, 5.41) is 8.91. The number of rotatable bonds is 6. The van der Waals surface area contributed by atoms with Gasteiger partial charge >= 0.3 is 0 Å². The molecule has 0 bridgehead atoms. The van der Waals surface area contributed by atoms with Gasteiger partial charge in [0.15, 0.2) is 0 Å². The van der Waals surface area contributed by atoms with Crippen molar-refractivity contribution in [2.24, 2.45) is 0 Å². The molecule has 0 fully saturated rings. The summed E-state index contributed by atoms with van der Waals surface area (Å²) in [6, 6.07) is 22.7. The van der Waals surface area contributed by atoms with Gasteiger partial charge in [0.2, 0.25) is 23.4 Å². The van der Waals surface area contributed by atoms with E-state index in [4.69, 9.17) is 13.8 Å². The van der Waals surface area contributed by atoms with Crippen LogP contribution in [-0.4, -0.2) is 24.8 Å². The fraction of sp³-hybridized carbons (Fsp3) is 0.138. The Morgan fingerprint density at radius 1 is 0.763 bits per heavy atom. The first-order chi connectivity index (χ1) is 18.4. The zero-order valence-electron chi connectivity index (χ0n) is 21.0. The van der Waals surface area contributed by atoms with Crippen LogP contribution in [0.2, 0.25) is 0 Å². The molecule has 3 aromatic carbocycles. The fourth-order valence-electron chi connectivity index (χ4n) is 4.41. The number of ether oxygens (including phenoxy) is 1. The molecule has 6 aromatic rings. The van der Waals surface area contributed by atoms with Gasteiger partial charge in [-0.25, -0.2) is 0 Å². The van der Waals surface area contributed by atoms with Crippen LogP contribution in [0.25, 0.3) is 33.7 Å². The van der Waals surface area contributed by atoms with Gasteiger partial charge in [-0.15, -0.1) is 0 Å². The van der Waals surface area contributed by atoms with Crippen molar-refractivity contribution in [1.82, 2.24) is 24.8 Å². The van der Waals surface area contributed by atoms with Crippen LogP contribution in [0.1, 0.15) is 22.9 Å². The molecular weight excluding hydrogens is 482 g/mol. The van der Waals surface area contributed by atoms with E-state index in [0.29, 0.717) is 41.5 Å². The second kappa shape index (κ2) is 9.44. The minimum Gasteiger partial charge on any atom is -0.457 e. The first kappa shape index (κ1) is 23.4. The van der Waals surface area contributed by atoms with Crippen LogP contribution >= 0.6 is 0 Å². The number of benzene rings is 3. The normalized spacial score (nSPS) is 11.2. The van der Waals surface area contributed by atoms with Crippen molar-refractivity contribution in [3.8, 4) is 34.3 Å². The molecule has 0 spiro atoms. The monoisotopic (exact) mass is 505 g/mol. The van der Waals surface area contributed by atoms with E-state index in [9.17, 15) is 4.79 Å². The molecule has 3 aromatic heterocycles. The van der Waals surface area contributed by atoms with Crippen LogP contribution in [0, 0.1) is 20.8 Å². The Hall–Kier alpha value is -5.05. The molecule has 9 heteroatoms. The molecule has 0 atom stereocenters. The van der Waals surface area contributed by atoms with Gasteiger partial charge in [0, 0.05) is 36.4 Å². The average molecular weight is 506 g/mol. The van der Waals surface area contributed by atoms with Gasteiger partial charge in [-0.3, -0.25) is 4.79 Å². The van der Waals surface area contributed by atoms with Gasteiger partial charge in [0.25, 0.3) is 5.56 Å². The maximum Gasteiger partial charge on any atom is 0.251 e. The Labute approximate surface area is 217 Å². The number of aryl methyl sites for hydroxylation is 3. The van der Waals surface area contributed by atoms with E-state index in [0.717, 1.165) is 33.2 Å². The molecule has 0 aliphatic rings. The molecule has 0 aliphatic carbocycles. The van der Waals surface area contributed by atoms with Gasteiger partial charge in [0.1, 0.15) is 11.5 Å². The fourth-order valence-corrected chi connectivity index (χ4v) is 4.41. The van der Waals surface area contributed by atoms with Crippen molar-refractivity contribution < 1.29 is 13.8 Å². The van der Waals surface area contributed by atoms with Crippen LogP contribution in [-0.2, 0) is 6.54 Å². The van der Waals surface area contributed by atoms with Gasteiger partial charge < -0.3 is 18.4 Å². The van der Waals surface area contributed by atoms with Crippen molar-refractivity contribution >= 4 is 10.9 Å². The van der Waals surface area contributed by atoms with E-state index in [-0.39, 0.29) is 5.56 Å². The lowest BCUT2D eigenvalue weighted by Crippen LogP contribution is -2.21. The number of pyridine rings is 1. The Balaban J connectivity index is 1.32. The predicted octanol–water partition coefficient (Wildman–Crippen LogP) is 5.87. The van der Waals surface area contributed by atoms with Crippen molar-refractivity contribution in [2.75, 3.05) is 0 Å². The Kier molecular flexibility index (Phi) is 5.80. The molecule has 6 rings (SSSR count). The van der Waals surface area contributed by atoms with Crippen LogP contribution in [0.5, 0.6) is 11.5 Å². The minimum atomic E-state index is -0.0763. The third kappa shape index (κ3) is 4.57. The maximum absolute atomic E-state index is 13.0. The third-order valence-electron chi connectivity index (χ3n) is 6.20. The molecule has 188 valence electrons. The molecule has 9 nitrogen and oxygen atoms in total. The smallest absolute Gasteiger partial charge is 0.251 e. The van der Waals surface area contributed by atoms with Crippen molar-refractivity contribution in [2.45, 2.75) is 27.3 Å². The number of nitrogens with zero attached hydrogens (tertiary/aromatic N) is 5. The molecule has 38 heavy (non-hydrogen) atoms. The molecule has 0 amide bonds. The lowest BCUT2D eigenvalue weighted by atomic mass is 10.1. The standard InChI is InChI=1S/C29H23N5O4/c1-17-12-27(35)34(16-20-6-4-7-21(13-20)28-30-18(2)37-32-28)26-11-10-24(15-25(17)26)36-23-9-5-8-22(14-23)29-31-19(3)38-33-29/h4-15H,16H2,1-3H3. The first-order valence-electron chi connectivity index (χ1n) is 12.1. The molecule has 3 heterocycles. The Bertz CT molecular complexity index is 1850. The summed E-state index contributed by atoms with van der Waals surface area (Å²) < 4.78 is 18.1. The number of aromatic nitrogens is 5. The number of hydrogen-bond acceptors (Lipinski definition) is 8. The first-order valence-corrected chi connectivity index (χ1v) is 12.1. The molecule has 0 radical (unpaired) electrons. The van der Waals surface area contributed by atoms with Crippen molar-refractivity contribution in [3.05, 3.63) is 106 Å². The highest BCUT2D eigenvalue weighted by Crippen LogP contribution is 2.29. The van der Waals surface area contributed by atoms with Crippen LogP contribution < -0.4 is 10.3 Å². The topological polar surface area (TPSA) is 109 Å². The highest BCUT2D eigenvalue weighted by atomic mass is 16.5. The van der Waals surface area contributed by atoms with E-state index in [2.05, 4.69) is 20.3 Å². The second-order valence-electron chi connectivity index (χ2n) is 9.03. The third-order valence-corrected chi connectivity index (χ3v) is 6.20. The Morgan fingerprint density at radius 2 is 1.42 bits per heavy atom. The quantitative estimate of drug-likeness (QED) is 0.277. The summed E-state index contributed by atoms with van der Waals surface area (Å²) in [6.07, 6.45) is 0.